The lowest BCUT2D eigenvalue weighted by atomic mass is 10.2. The van der Waals surface area contributed by atoms with Crippen molar-refractivity contribution < 1.29 is 19.5 Å². The first kappa shape index (κ1) is 17.0. The van der Waals surface area contributed by atoms with E-state index in [4.69, 9.17) is 5.11 Å². The first-order valence-corrected chi connectivity index (χ1v) is 7.61. The molecule has 2 amide bonds. The van der Waals surface area contributed by atoms with Gasteiger partial charge in [0.2, 0.25) is 11.8 Å². The molecule has 0 spiro atoms. The van der Waals surface area contributed by atoms with Crippen molar-refractivity contribution in [2.45, 2.75) is 44.8 Å². The fourth-order valence-corrected chi connectivity index (χ4v) is 2.51. The van der Waals surface area contributed by atoms with Crippen LogP contribution in [-0.4, -0.2) is 68.1 Å². The lowest BCUT2D eigenvalue weighted by molar-refractivity contribution is -0.151. The van der Waals surface area contributed by atoms with Gasteiger partial charge in [0, 0.05) is 25.5 Å². The minimum absolute atomic E-state index is 0.0272. The fraction of sp³-hybridized carbons (Fsp3) is 0.600. The van der Waals surface area contributed by atoms with Crippen LogP contribution in [0, 0.1) is 0 Å². The van der Waals surface area contributed by atoms with Crippen LogP contribution in [0.15, 0.2) is 18.5 Å². The Morgan fingerprint density at radius 3 is 2.48 bits per heavy atom. The molecule has 1 aromatic heterocycles. The van der Waals surface area contributed by atoms with Gasteiger partial charge in [-0.15, -0.1) is 0 Å². The Labute approximate surface area is 134 Å². The number of amides is 2. The van der Waals surface area contributed by atoms with Crippen molar-refractivity contribution in [1.82, 2.24) is 19.6 Å². The molecule has 23 heavy (non-hydrogen) atoms. The first-order valence-electron chi connectivity index (χ1n) is 7.61. The number of likely N-dealkylation sites (N-methyl/N-ethyl adjacent to an activating group) is 1. The van der Waals surface area contributed by atoms with E-state index in [0.717, 1.165) is 12.8 Å². The van der Waals surface area contributed by atoms with Gasteiger partial charge in [0.1, 0.15) is 12.1 Å². The van der Waals surface area contributed by atoms with E-state index in [1.807, 2.05) is 0 Å². The summed E-state index contributed by atoms with van der Waals surface area (Å²) in [4.78, 5) is 38.7. The number of aliphatic carboxylic acids is 1. The Kier molecular flexibility index (Phi) is 5.02. The summed E-state index contributed by atoms with van der Waals surface area (Å²) in [5.74, 6) is -1.63. The van der Waals surface area contributed by atoms with Gasteiger partial charge < -0.3 is 14.9 Å². The highest BCUT2D eigenvalue weighted by Crippen LogP contribution is 2.29. The van der Waals surface area contributed by atoms with Gasteiger partial charge in [-0.1, -0.05) is 0 Å². The van der Waals surface area contributed by atoms with Crippen molar-refractivity contribution in [3.05, 3.63) is 18.5 Å². The Morgan fingerprint density at radius 2 is 2.00 bits per heavy atom. The maximum atomic E-state index is 12.4. The molecule has 1 fully saturated rings. The largest absolute Gasteiger partial charge is 0.480 e. The molecular formula is C15H22N4O4. The second kappa shape index (κ2) is 6.80. The summed E-state index contributed by atoms with van der Waals surface area (Å²) in [5.41, 5.74) is 0. The highest BCUT2D eigenvalue weighted by Gasteiger charge is 2.39. The lowest BCUT2D eigenvalue weighted by Crippen LogP contribution is -2.49. The average Bonchev–Trinajstić information content (AvgIpc) is 3.17. The third-order valence-corrected chi connectivity index (χ3v) is 4.03. The van der Waals surface area contributed by atoms with Gasteiger partial charge in [0.05, 0.1) is 6.54 Å². The Morgan fingerprint density at radius 1 is 1.35 bits per heavy atom. The van der Waals surface area contributed by atoms with Crippen molar-refractivity contribution in [2.24, 2.45) is 0 Å². The number of carboxylic acid groups (broad SMARTS) is 1. The zero-order chi connectivity index (χ0) is 17.1. The number of hydrogen-bond acceptors (Lipinski definition) is 4. The molecule has 0 saturated heterocycles. The molecule has 126 valence electrons. The molecule has 0 aliphatic heterocycles. The number of carbonyl (C=O) groups is 3. The zero-order valence-electron chi connectivity index (χ0n) is 13.5. The minimum Gasteiger partial charge on any atom is -0.480 e. The monoisotopic (exact) mass is 322 g/mol. The molecule has 0 bridgehead atoms. The molecule has 2 atom stereocenters. The summed E-state index contributed by atoms with van der Waals surface area (Å²) in [6.07, 6.45) is 4.88. The van der Waals surface area contributed by atoms with Crippen molar-refractivity contribution in [3.63, 3.8) is 0 Å². The van der Waals surface area contributed by atoms with E-state index in [2.05, 4.69) is 5.10 Å². The molecule has 0 radical (unpaired) electrons. The Balaban J connectivity index is 2.00. The smallest absolute Gasteiger partial charge is 0.326 e. The van der Waals surface area contributed by atoms with Crippen LogP contribution in [0.3, 0.4) is 0 Å². The number of carboxylic acids is 1. The van der Waals surface area contributed by atoms with Crippen LogP contribution in [0.2, 0.25) is 0 Å². The van der Waals surface area contributed by atoms with Gasteiger partial charge in [-0.05, 0) is 32.8 Å². The van der Waals surface area contributed by atoms with Crippen LogP contribution in [0.25, 0.3) is 0 Å². The van der Waals surface area contributed by atoms with E-state index in [9.17, 15) is 14.4 Å². The molecular weight excluding hydrogens is 300 g/mol. The lowest BCUT2D eigenvalue weighted by Gasteiger charge is -2.29. The van der Waals surface area contributed by atoms with Gasteiger partial charge in [0.25, 0.3) is 0 Å². The SMILES string of the molecule is CC(C(=O)O)N(C(=O)CN(C)C(=O)C(C)n1cccn1)C1CC1. The molecule has 1 heterocycles. The molecule has 1 aliphatic carbocycles. The molecule has 1 saturated carbocycles. The highest BCUT2D eigenvalue weighted by molar-refractivity contribution is 5.89. The molecule has 2 rings (SSSR count). The van der Waals surface area contributed by atoms with Crippen LogP contribution in [0.4, 0.5) is 0 Å². The molecule has 1 aliphatic rings. The molecule has 0 aromatic carbocycles. The Bertz CT molecular complexity index is 582. The van der Waals surface area contributed by atoms with E-state index < -0.39 is 18.1 Å². The minimum atomic E-state index is -1.04. The van der Waals surface area contributed by atoms with Crippen molar-refractivity contribution in [3.8, 4) is 0 Å². The summed E-state index contributed by atoms with van der Waals surface area (Å²) in [6.45, 7) is 3.06. The molecule has 8 heteroatoms. The van der Waals surface area contributed by atoms with Gasteiger partial charge in [-0.3, -0.25) is 14.3 Å². The number of hydrogen-bond donors (Lipinski definition) is 1. The van der Waals surface area contributed by atoms with Crippen molar-refractivity contribution in [1.29, 1.82) is 0 Å². The summed E-state index contributed by atoms with van der Waals surface area (Å²) < 4.78 is 1.52. The van der Waals surface area contributed by atoms with E-state index in [0.29, 0.717) is 0 Å². The Hall–Kier alpha value is -2.38. The predicted molar refractivity (Wildman–Crippen MR) is 81.5 cm³/mol. The number of nitrogens with zero attached hydrogens (tertiary/aromatic N) is 4. The van der Waals surface area contributed by atoms with Gasteiger partial charge in [-0.2, -0.15) is 5.10 Å². The van der Waals surface area contributed by atoms with E-state index >= 15 is 0 Å². The number of rotatable bonds is 7. The first-order chi connectivity index (χ1) is 10.8. The van der Waals surface area contributed by atoms with Gasteiger partial charge in [-0.25, -0.2) is 4.79 Å². The molecule has 1 N–H and O–H groups in total. The van der Waals surface area contributed by atoms with Crippen molar-refractivity contribution in [2.75, 3.05) is 13.6 Å². The second-order valence-electron chi connectivity index (χ2n) is 5.90. The van der Waals surface area contributed by atoms with E-state index in [1.54, 1.807) is 25.4 Å². The van der Waals surface area contributed by atoms with Crippen LogP contribution in [-0.2, 0) is 14.4 Å². The second-order valence-corrected chi connectivity index (χ2v) is 5.90. The van der Waals surface area contributed by atoms with Crippen molar-refractivity contribution >= 4 is 17.8 Å². The average molecular weight is 322 g/mol. The predicted octanol–water partition coefficient (Wildman–Crippen LogP) is 0.367. The third kappa shape index (κ3) is 3.88. The summed E-state index contributed by atoms with van der Waals surface area (Å²) in [5, 5.41) is 13.2. The molecule has 2 unspecified atom stereocenters. The maximum absolute atomic E-state index is 12.4. The highest BCUT2D eigenvalue weighted by atomic mass is 16.4. The van der Waals surface area contributed by atoms with Crippen LogP contribution < -0.4 is 0 Å². The number of carbonyl (C=O) groups excluding carboxylic acids is 2. The number of aromatic nitrogens is 2. The van der Waals surface area contributed by atoms with E-state index in [-0.39, 0.29) is 24.4 Å². The van der Waals surface area contributed by atoms with Crippen LogP contribution in [0.1, 0.15) is 32.7 Å². The zero-order valence-corrected chi connectivity index (χ0v) is 13.5. The quantitative estimate of drug-likeness (QED) is 0.782. The molecule has 1 aromatic rings. The summed E-state index contributed by atoms with van der Waals surface area (Å²) >= 11 is 0. The standard InChI is InChI=1S/C15H22N4O4/c1-10(18-8-4-7-16-18)14(21)17(3)9-13(20)19(12-5-6-12)11(2)15(22)23/h4,7-8,10-12H,5-6,9H2,1-3H3,(H,22,23). The summed E-state index contributed by atoms with van der Waals surface area (Å²) in [7, 11) is 1.54. The van der Waals surface area contributed by atoms with Crippen LogP contribution in [0.5, 0.6) is 0 Å². The molecule has 8 nitrogen and oxygen atoms in total. The normalized spacial score (nSPS) is 16.5. The van der Waals surface area contributed by atoms with E-state index in [1.165, 1.54) is 28.5 Å². The summed E-state index contributed by atoms with van der Waals surface area (Å²) in [6, 6.07) is 0.287. The van der Waals surface area contributed by atoms with Gasteiger partial charge >= 0.3 is 5.97 Å². The van der Waals surface area contributed by atoms with Gasteiger partial charge in [0.15, 0.2) is 0 Å². The fourth-order valence-electron chi connectivity index (χ4n) is 2.51. The maximum Gasteiger partial charge on any atom is 0.326 e. The topological polar surface area (TPSA) is 95.7 Å². The van der Waals surface area contributed by atoms with Crippen LogP contribution >= 0.6 is 0 Å². The third-order valence-electron chi connectivity index (χ3n) is 4.03.